The number of hydrogen-bond acceptors (Lipinski definition) is 3. The minimum atomic E-state index is -2.60. The molecule has 3 nitrogen and oxygen atoms in total. The molecule has 2 N–H and O–H groups in total. The molecular formula is C34H47O3P. The molecule has 0 atom stereocenters. The molecule has 0 bridgehead atoms. The smallest absolute Gasteiger partial charge is 0.391 e. The molecule has 0 spiro atoms. The summed E-state index contributed by atoms with van der Waals surface area (Å²) in [7, 11) is -2.60. The molecule has 0 saturated heterocycles. The molecule has 0 saturated carbocycles. The van der Waals surface area contributed by atoms with Crippen molar-refractivity contribution in [3.8, 4) is 28.0 Å². The van der Waals surface area contributed by atoms with Crippen LogP contribution in [0.2, 0.25) is 0 Å². The highest BCUT2D eigenvalue weighted by Crippen LogP contribution is 2.53. The van der Waals surface area contributed by atoms with Crippen molar-refractivity contribution < 1.29 is 14.3 Å². The van der Waals surface area contributed by atoms with Crippen molar-refractivity contribution in [1.29, 1.82) is 0 Å². The number of hydrogen-bond donors (Lipinski definition) is 2. The van der Waals surface area contributed by atoms with Crippen LogP contribution in [0.3, 0.4) is 0 Å². The molecule has 0 unspecified atom stereocenters. The topological polar surface area (TPSA) is 49.7 Å². The maximum atomic E-state index is 10.1. The van der Waals surface area contributed by atoms with E-state index in [0.29, 0.717) is 5.75 Å². The van der Waals surface area contributed by atoms with Crippen LogP contribution in [0.15, 0.2) is 54.6 Å². The Bertz CT molecular complexity index is 1290. The van der Waals surface area contributed by atoms with Gasteiger partial charge in [0, 0.05) is 5.56 Å². The van der Waals surface area contributed by atoms with Crippen LogP contribution in [-0.4, -0.2) is 9.79 Å². The second kappa shape index (κ2) is 10.4. The Balaban J connectivity index is 2.72. The molecule has 0 heterocycles. The Morgan fingerprint density at radius 1 is 0.526 bits per heavy atom. The summed E-state index contributed by atoms with van der Waals surface area (Å²) in [4.78, 5) is 20.2. The average Bonchev–Trinajstić information content (AvgIpc) is 2.75. The second-order valence-corrected chi connectivity index (χ2v) is 15.2. The standard InChI is InChI=1S/C34H47O3P/c1-31(2,3)25-19-15-13-17-22(25)24-21-27(37-38(35)36)30(34(10,11)12)28(29(24)33(7,8)9)23-18-14-16-20-26(23)32(4,5)6/h13-21,35-36H,1-12H3. The van der Waals surface area contributed by atoms with Gasteiger partial charge in [-0.05, 0) is 66.7 Å². The fraction of sp³-hybridized carbons (Fsp3) is 0.471. The number of rotatable bonds is 4. The summed E-state index contributed by atoms with van der Waals surface area (Å²) < 4.78 is 5.89. The molecule has 206 valence electrons. The van der Waals surface area contributed by atoms with Gasteiger partial charge in [0.15, 0.2) is 0 Å². The molecular weight excluding hydrogens is 487 g/mol. The summed E-state index contributed by atoms with van der Waals surface area (Å²) in [5.41, 5.74) is 8.50. The molecule has 3 aromatic rings. The van der Waals surface area contributed by atoms with Gasteiger partial charge in [-0.1, -0.05) is 132 Å². The van der Waals surface area contributed by atoms with Crippen LogP contribution in [0, 0.1) is 0 Å². The largest absolute Gasteiger partial charge is 0.427 e. The summed E-state index contributed by atoms with van der Waals surface area (Å²) >= 11 is 0. The second-order valence-electron chi connectivity index (χ2n) is 14.5. The highest BCUT2D eigenvalue weighted by molar-refractivity contribution is 7.39. The Labute approximate surface area is 232 Å². The van der Waals surface area contributed by atoms with E-state index < -0.39 is 8.60 Å². The third-order valence-corrected chi connectivity index (χ3v) is 7.36. The minimum Gasteiger partial charge on any atom is -0.427 e. The van der Waals surface area contributed by atoms with Gasteiger partial charge in [-0.3, -0.25) is 0 Å². The molecule has 0 aliphatic carbocycles. The predicted molar refractivity (Wildman–Crippen MR) is 164 cm³/mol. The highest BCUT2D eigenvalue weighted by atomic mass is 31.2. The zero-order chi connectivity index (χ0) is 28.8. The molecule has 0 aliphatic rings. The van der Waals surface area contributed by atoms with Gasteiger partial charge in [-0.25, -0.2) is 0 Å². The third-order valence-electron chi connectivity index (χ3n) is 7.00. The normalized spacial score (nSPS) is 13.2. The summed E-state index contributed by atoms with van der Waals surface area (Å²) in [6.45, 7) is 26.8. The lowest BCUT2D eigenvalue weighted by molar-refractivity contribution is 0.370. The van der Waals surface area contributed by atoms with Crippen LogP contribution in [0.5, 0.6) is 5.75 Å². The molecule has 0 radical (unpaired) electrons. The first kappa shape index (κ1) is 30.4. The first-order valence-corrected chi connectivity index (χ1v) is 14.7. The fourth-order valence-electron chi connectivity index (χ4n) is 5.55. The lowest BCUT2D eigenvalue weighted by atomic mass is 9.68. The Hall–Kier alpha value is -2.19. The summed E-state index contributed by atoms with van der Waals surface area (Å²) in [6.07, 6.45) is 0. The summed E-state index contributed by atoms with van der Waals surface area (Å²) in [5.74, 6) is 0.527. The van der Waals surface area contributed by atoms with Crippen molar-refractivity contribution >= 4 is 8.60 Å². The monoisotopic (exact) mass is 534 g/mol. The quantitative estimate of drug-likeness (QED) is 0.328. The lowest BCUT2D eigenvalue weighted by Crippen LogP contribution is -2.23. The van der Waals surface area contributed by atoms with Gasteiger partial charge < -0.3 is 14.3 Å². The van der Waals surface area contributed by atoms with Gasteiger partial charge in [-0.2, -0.15) is 0 Å². The van der Waals surface area contributed by atoms with E-state index >= 15 is 0 Å². The van der Waals surface area contributed by atoms with Crippen molar-refractivity contribution in [2.45, 2.75) is 105 Å². The minimum absolute atomic E-state index is 0.0838. The van der Waals surface area contributed by atoms with E-state index in [9.17, 15) is 9.79 Å². The van der Waals surface area contributed by atoms with Gasteiger partial charge in [-0.15, -0.1) is 0 Å². The van der Waals surface area contributed by atoms with E-state index in [-0.39, 0.29) is 21.7 Å². The predicted octanol–water partition coefficient (Wildman–Crippen LogP) is 9.80. The van der Waals surface area contributed by atoms with Crippen LogP contribution in [0.1, 0.15) is 105 Å². The van der Waals surface area contributed by atoms with E-state index in [0.717, 1.165) is 27.8 Å². The fourth-order valence-corrected chi connectivity index (χ4v) is 5.87. The molecule has 4 heteroatoms. The van der Waals surface area contributed by atoms with Crippen LogP contribution < -0.4 is 4.52 Å². The lowest BCUT2D eigenvalue weighted by Gasteiger charge is -2.37. The molecule has 0 aromatic heterocycles. The van der Waals surface area contributed by atoms with Crippen LogP contribution in [-0.2, 0) is 21.7 Å². The summed E-state index contributed by atoms with van der Waals surface area (Å²) in [5, 5.41) is 0. The molecule has 3 aromatic carbocycles. The van der Waals surface area contributed by atoms with E-state index in [4.69, 9.17) is 4.52 Å². The van der Waals surface area contributed by atoms with Gasteiger partial charge in [0.2, 0.25) is 0 Å². The molecule has 0 aliphatic heterocycles. The first-order valence-electron chi connectivity index (χ1n) is 13.5. The Morgan fingerprint density at radius 3 is 1.37 bits per heavy atom. The SMILES string of the molecule is CC(C)(C)c1ccccc1-c1cc(OP(O)O)c(C(C)(C)C)c(-c2ccccc2C(C)(C)C)c1C(C)(C)C. The Morgan fingerprint density at radius 2 is 0.947 bits per heavy atom. The molecule has 38 heavy (non-hydrogen) atoms. The van der Waals surface area contributed by atoms with Crippen molar-refractivity contribution in [2.24, 2.45) is 0 Å². The van der Waals surface area contributed by atoms with Crippen molar-refractivity contribution in [2.75, 3.05) is 0 Å². The van der Waals surface area contributed by atoms with Crippen molar-refractivity contribution in [3.05, 3.63) is 76.9 Å². The third kappa shape index (κ3) is 6.33. The van der Waals surface area contributed by atoms with E-state index in [1.54, 1.807) is 0 Å². The maximum absolute atomic E-state index is 10.1. The van der Waals surface area contributed by atoms with Crippen molar-refractivity contribution in [3.63, 3.8) is 0 Å². The van der Waals surface area contributed by atoms with Gasteiger partial charge in [0.1, 0.15) is 5.75 Å². The average molecular weight is 535 g/mol. The van der Waals surface area contributed by atoms with Crippen LogP contribution in [0.4, 0.5) is 0 Å². The van der Waals surface area contributed by atoms with E-state index in [1.807, 2.05) is 0 Å². The highest BCUT2D eigenvalue weighted by Gasteiger charge is 2.36. The van der Waals surface area contributed by atoms with E-state index in [2.05, 4.69) is 138 Å². The zero-order valence-electron chi connectivity index (χ0n) is 25.4. The van der Waals surface area contributed by atoms with Crippen LogP contribution in [0.25, 0.3) is 22.3 Å². The van der Waals surface area contributed by atoms with Gasteiger partial charge in [0.25, 0.3) is 0 Å². The van der Waals surface area contributed by atoms with Crippen molar-refractivity contribution in [1.82, 2.24) is 0 Å². The van der Waals surface area contributed by atoms with Crippen LogP contribution >= 0.6 is 8.60 Å². The van der Waals surface area contributed by atoms with Gasteiger partial charge in [0.05, 0.1) is 0 Å². The molecule has 0 fully saturated rings. The number of benzene rings is 3. The zero-order valence-corrected chi connectivity index (χ0v) is 26.3. The Kier molecular flexibility index (Phi) is 8.32. The molecule has 0 amide bonds. The van der Waals surface area contributed by atoms with E-state index in [1.165, 1.54) is 16.7 Å². The van der Waals surface area contributed by atoms with Gasteiger partial charge >= 0.3 is 8.60 Å². The maximum Gasteiger partial charge on any atom is 0.391 e. The summed E-state index contributed by atoms with van der Waals surface area (Å²) in [6, 6.07) is 19.3. The first-order chi connectivity index (χ1) is 17.2. The molecule has 3 rings (SSSR count).